The first kappa shape index (κ1) is 13.2. The van der Waals surface area contributed by atoms with Gasteiger partial charge in [0.1, 0.15) is 0 Å². The molecule has 1 atom stereocenters. The smallest absolute Gasteiger partial charge is 0.0640 e. The average molecular weight is 227 g/mol. The van der Waals surface area contributed by atoms with E-state index in [2.05, 4.69) is 17.3 Å². The Hall–Kier alpha value is -0.910. The molecule has 0 saturated heterocycles. The summed E-state index contributed by atoms with van der Waals surface area (Å²) < 4.78 is 1.73. The second-order valence-electron chi connectivity index (χ2n) is 3.98. The fourth-order valence-electron chi connectivity index (χ4n) is 1.51. The summed E-state index contributed by atoms with van der Waals surface area (Å²) in [5, 5.41) is 24.9. The Morgan fingerprint density at radius 1 is 1.44 bits per heavy atom. The van der Waals surface area contributed by atoms with Crippen LogP contribution in [0.2, 0.25) is 0 Å². The predicted octanol–water partition coefficient (Wildman–Crippen LogP) is 0.126. The van der Waals surface area contributed by atoms with E-state index >= 15 is 0 Å². The third-order valence-electron chi connectivity index (χ3n) is 2.47. The van der Waals surface area contributed by atoms with Gasteiger partial charge in [-0.3, -0.25) is 4.68 Å². The van der Waals surface area contributed by atoms with Crippen molar-refractivity contribution in [2.45, 2.75) is 38.9 Å². The van der Waals surface area contributed by atoms with Gasteiger partial charge in [-0.25, -0.2) is 0 Å². The second kappa shape index (κ2) is 7.38. The van der Waals surface area contributed by atoms with Crippen molar-refractivity contribution in [1.29, 1.82) is 0 Å². The lowest BCUT2D eigenvalue weighted by atomic mass is 10.2. The van der Waals surface area contributed by atoms with Crippen molar-refractivity contribution in [3.05, 3.63) is 18.0 Å². The molecule has 1 rings (SSSR count). The first-order valence-corrected chi connectivity index (χ1v) is 5.72. The highest BCUT2D eigenvalue weighted by atomic mass is 16.3. The highest BCUT2D eigenvalue weighted by molar-refractivity contribution is 5.03. The predicted molar refractivity (Wildman–Crippen MR) is 61.9 cm³/mol. The number of hydrogen-bond acceptors (Lipinski definition) is 4. The van der Waals surface area contributed by atoms with Gasteiger partial charge in [0.15, 0.2) is 0 Å². The summed E-state index contributed by atoms with van der Waals surface area (Å²) >= 11 is 0. The van der Waals surface area contributed by atoms with Crippen LogP contribution in [-0.4, -0.2) is 39.2 Å². The Morgan fingerprint density at radius 3 is 2.94 bits per heavy atom. The molecular weight excluding hydrogens is 206 g/mol. The van der Waals surface area contributed by atoms with Gasteiger partial charge >= 0.3 is 0 Å². The van der Waals surface area contributed by atoms with Crippen molar-refractivity contribution in [2.24, 2.45) is 0 Å². The molecule has 0 saturated carbocycles. The van der Waals surface area contributed by atoms with Crippen LogP contribution in [-0.2, 0) is 13.1 Å². The summed E-state index contributed by atoms with van der Waals surface area (Å²) in [6, 6.07) is 0.397. The van der Waals surface area contributed by atoms with E-state index in [-0.39, 0.29) is 13.2 Å². The summed E-state index contributed by atoms with van der Waals surface area (Å²) in [4.78, 5) is 0. The maximum atomic E-state index is 8.74. The molecule has 0 aliphatic carbocycles. The van der Waals surface area contributed by atoms with E-state index in [1.807, 2.05) is 6.20 Å². The molecule has 0 fully saturated rings. The average Bonchev–Trinajstić information content (AvgIpc) is 2.72. The lowest BCUT2D eigenvalue weighted by Gasteiger charge is -2.11. The van der Waals surface area contributed by atoms with E-state index < -0.39 is 0 Å². The molecule has 1 aromatic rings. The van der Waals surface area contributed by atoms with Gasteiger partial charge in [-0.1, -0.05) is 0 Å². The maximum absolute atomic E-state index is 8.74. The van der Waals surface area contributed by atoms with Crippen LogP contribution >= 0.6 is 0 Å². The molecular formula is C11H21N3O2. The molecule has 3 N–H and O–H groups in total. The highest BCUT2D eigenvalue weighted by Gasteiger charge is 2.02. The summed E-state index contributed by atoms with van der Waals surface area (Å²) in [5.41, 5.74) is 1.12. The lowest BCUT2D eigenvalue weighted by molar-refractivity contribution is 0.269. The third kappa shape index (κ3) is 4.74. The lowest BCUT2D eigenvalue weighted by Crippen LogP contribution is -2.25. The molecule has 0 aromatic carbocycles. The van der Waals surface area contributed by atoms with Gasteiger partial charge in [-0.2, -0.15) is 5.10 Å². The van der Waals surface area contributed by atoms with Gasteiger partial charge in [-0.15, -0.1) is 0 Å². The molecule has 0 aliphatic heterocycles. The van der Waals surface area contributed by atoms with Crippen LogP contribution in [0.25, 0.3) is 0 Å². The van der Waals surface area contributed by atoms with E-state index in [0.29, 0.717) is 12.6 Å². The Morgan fingerprint density at radius 2 is 2.25 bits per heavy atom. The monoisotopic (exact) mass is 227 g/mol. The highest BCUT2D eigenvalue weighted by Crippen LogP contribution is 2.00. The van der Waals surface area contributed by atoms with Crippen LogP contribution < -0.4 is 5.32 Å². The van der Waals surface area contributed by atoms with E-state index in [9.17, 15) is 0 Å². The number of hydrogen-bond donors (Lipinski definition) is 3. The fraction of sp³-hybridized carbons (Fsp3) is 0.727. The van der Waals surface area contributed by atoms with Crippen molar-refractivity contribution in [3.63, 3.8) is 0 Å². The van der Waals surface area contributed by atoms with Crippen molar-refractivity contribution in [1.82, 2.24) is 15.1 Å². The Labute approximate surface area is 96.1 Å². The molecule has 1 unspecified atom stereocenters. The molecule has 0 aliphatic rings. The van der Waals surface area contributed by atoms with Crippen LogP contribution in [0.1, 0.15) is 25.3 Å². The van der Waals surface area contributed by atoms with E-state index in [0.717, 1.165) is 24.9 Å². The van der Waals surface area contributed by atoms with Gasteiger partial charge in [0.25, 0.3) is 0 Å². The van der Waals surface area contributed by atoms with Crippen LogP contribution in [0, 0.1) is 0 Å². The number of nitrogens with zero attached hydrogens (tertiary/aromatic N) is 2. The standard InChI is InChI=1S/C11H21N3O2/c1-10(3-2-5-15)12-7-11-8-13-14(9-11)4-6-16/h8-10,12,15-16H,2-7H2,1H3. The topological polar surface area (TPSA) is 70.3 Å². The van der Waals surface area contributed by atoms with Gasteiger partial charge < -0.3 is 15.5 Å². The van der Waals surface area contributed by atoms with Crippen molar-refractivity contribution >= 4 is 0 Å². The number of nitrogens with one attached hydrogen (secondary N) is 1. The van der Waals surface area contributed by atoms with Crippen LogP contribution in [0.3, 0.4) is 0 Å². The Bertz CT molecular complexity index is 289. The molecule has 5 heteroatoms. The van der Waals surface area contributed by atoms with Gasteiger partial charge in [-0.05, 0) is 19.8 Å². The van der Waals surface area contributed by atoms with Crippen molar-refractivity contribution in [2.75, 3.05) is 13.2 Å². The summed E-state index contributed by atoms with van der Waals surface area (Å²) in [6.45, 7) is 3.79. The molecule has 5 nitrogen and oxygen atoms in total. The van der Waals surface area contributed by atoms with Crippen LogP contribution in [0.15, 0.2) is 12.4 Å². The summed E-state index contributed by atoms with van der Waals surface area (Å²) in [7, 11) is 0. The molecule has 1 heterocycles. The van der Waals surface area contributed by atoms with E-state index in [1.165, 1.54) is 0 Å². The van der Waals surface area contributed by atoms with Crippen LogP contribution in [0.4, 0.5) is 0 Å². The van der Waals surface area contributed by atoms with Crippen LogP contribution in [0.5, 0.6) is 0 Å². The van der Waals surface area contributed by atoms with Gasteiger partial charge in [0.05, 0.1) is 19.3 Å². The van der Waals surface area contributed by atoms with E-state index in [1.54, 1.807) is 10.9 Å². The molecule has 0 radical (unpaired) electrons. The Kier molecular flexibility index (Phi) is 6.07. The first-order valence-electron chi connectivity index (χ1n) is 5.72. The zero-order chi connectivity index (χ0) is 11.8. The molecule has 0 amide bonds. The quantitative estimate of drug-likeness (QED) is 0.590. The van der Waals surface area contributed by atoms with Gasteiger partial charge in [0.2, 0.25) is 0 Å². The minimum absolute atomic E-state index is 0.113. The summed E-state index contributed by atoms with van der Waals surface area (Å²) in [6.07, 6.45) is 5.54. The normalized spacial score (nSPS) is 12.9. The number of aliphatic hydroxyl groups is 2. The molecule has 1 aromatic heterocycles. The zero-order valence-corrected chi connectivity index (χ0v) is 9.76. The molecule has 0 spiro atoms. The molecule has 16 heavy (non-hydrogen) atoms. The zero-order valence-electron chi connectivity index (χ0n) is 9.76. The summed E-state index contributed by atoms with van der Waals surface area (Å²) in [5.74, 6) is 0. The number of rotatable bonds is 8. The largest absolute Gasteiger partial charge is 0.396 e. The maximum Gasteiger partial charge on any atom is 0.0640 e. The molecule has 92 valence electrons. The SMILES string of the molecule is CC(CCCO)NCc1cnn(CCO)c1. The first-order chi connectivity index (χ1) is 7.76. The number of aliphatic hydroxyl groups excluding tert-OH is 2. The number of aromatic nitrogens is 2. The molecule has 0 bridgehead atoms. The second-order valence-corrected chi connectivity index (χ2v) is 3.98. The van der Waals surface area contributed by atoms with E-state index in [4.69, 9.17) is 10.2 Å². The van der Waals surface area contributed by atoms with Gasteiger partial charge in [0, 0.05) is 31.0 Å². The third-order valence-corrected chi connectivity index (χ3v) is 2.47. The minimum Gasteiger partial charge on any atom is -0.396 e. The van der Waals surface area contributed by atoms with Crippen molar-refractivity contribution < 1.29 is 10.2 Å². The minimum atomic E-state index is 0.113. The Balaban J connectivity index is 2.25. The fourth-order valence-corrected chi connectivity index (χ4v) is 1.51. The van der Waals surface area contributed by atoms with Crippen molar-refractivity contribution in [3.8, 4) is 0 Å².